The van der Waals surface area contributed by atoms with Crippen LogP contribution in [0.15, 0.2) is 30.5 Å². The van der Waals surface area contributed by atoms with Crippen molar-refractivity contribution in [2.75, 3.05) is 19.3 Å². The van der Waals surface area contributed by atoms with Crippen LogP contribution in [-0.2, 0) is 23.1 Å². The topological polar surface area (TPSA) is 67.2 Å². The molecule has 25 heavy (non-hydrogen) atoms. The first-order valence-corrected chi connectivity index (χ1v) is 9.84. The van der Waals surface area contributed by atoms with E-state index in [-0.39, 0.29) is 6.04 Å². The first-order chi connectivity index (χ1) is 11.8. The zero-order valence-corrected chi connectivity index (χ0v) is 14.6. The molecule has 9 heteroatoms. The molecule has 2 heterocycles. The highest BCUT2D eigenvalue weighted by Gasteiger charge is 2.25. The lowest BCUT2D eigenvalue weighted by Gasteiger charge is -2.34. The van der Waals surface area contributed by atoms with E-state index in [1.807, 2.05) is 10.7 Å². The summed E-state index contributed by atoms with van der Waals surface area (Å²) in [7, 11) is -3.23. The number of nitrogens with zero attached hydrogens (tertiary/aromatic N) is 3. The van der Waals surface area contributed by atoms with Crippen molar-refractivity contribution in [1.29, 1.82) is 0 Å². The van der Waals surface area contributed by atoms with E-state index in [1.54, 1.807) is 12.3 Å². The Morgan fingerprint density at radius 3 is 2.80 bits per heavy atom. The van der Waals surface area contributed by atoms with E-state index in [9.17, 15) is 17.2 Å². The van der Waals surface area contributed by atoms with E-state index in [2.05, 4.69) is 14.7 Å². The van der Waals surface area contributed by atoms with Crippen molar-refractivity contribution in [3.8, 4) is 0 Å². The van der Waals surface area contributed by atoms with Gasteiger partial charge < -0.3 is 0 Å². The maximum atomic E-state index is 13.4. The summed E-state index contributed by atoms with van der Waals surface area (Å²) in [5, 5.41) is 4.32. The monoisotopic (exact) mass is 370 g/mol. The summed E-state index contributed by atoms with van der Waals surface area (Å²) >= 11 is 0. The van der Waals surface area contributed by atoms with Gasteiger partial charge in [0, 0.05) is 32.4 Å². The Morgan fingerprint density at radius 1 is 1.28 bits per heavy atom. The first-order valence-electron chi connectivity index (χ1n) is 7.95. The Morgan fingerprint density at radius 2 is 2.08 bits per heavy atom. The fourth-order valence-electron chi connectivity index (χ4n) is 3.11. The Hall–Kier alpha value is -1.84. The van der Waals surface area contributed by atoms with Crippen LogP contribution in [0.2, 0.25) is 0 Å². The van der Waals surface area contributed by atoms with Crippen LogP contribution in [0, 0.1) is 11.6 Å². The maximum absolute atomic E-state index is 13.4. The number of hydrogen-bond acceptors (Lipinski definition) is 4. The highest BCUT2D eigenvalue weighted by atomic mass is 32.2. The minimum atomic E-state index is -3.23. The van der Waals surface area contributed by atoms with Crippen molar-refractivity contribution in [1.82, 2.24) is 19.4 Å². The van der Waals surface area contributed by atoms with Gasteiger partial charge in [-0.2, -0.15) is 5.10 Å². The SMILES string of the molecule is CS(=O)(=O)NCC[C@H]1CN(Cc2ccc(F)c(F)c2)Cc2ccnn21. The summed E-state index contributed by atoms with van der Waals surface area (Å²) in [5.74, 6) is -1.71. The molecule has 0 unspecified atom stereocenters. The van der Waals surface area contributed by atoms with Crippen LogP contribution >= 0.6 is 0 Å². The Kier molecular flexibility index (Phi) is 5.16. The molecular weight excluding hydrogens is 350 g/mol. The molecule has 6 nitrogen and oxygen atoms in total. The summed E-state index contributed by atoms with van der Waals surface area (Å²) in [6.45, 7) is 2.11. The summed E-state index contributed by atoms with van der Waals surface area (Å²) in [5.41, 5.74) is 1.71. The Balaban J connectivity index is 1.69. The molecule has 0 aliphatic carbocycles. The lowest BCUT2D eigenvalue weighted by atomic mass is 10.1. The molecule has 0 fully saturated rings. The van der Waals surface area contributed by atoms with Crippen LogP contribution < -0.4 is 4.72 Å². The molecule has 0 amide bonds. The van der Waals surface area contributed by atoms with E-state index in [0.717, 1.165) is 18.0 Å². The van der Waals surface area contributed by atoms with Crippen LogP contribution in [0.1, 0.15) is 23.7 Å². The molecular formula is C16H20F2N4O2S. The van der Waals surface area contributed by atoms with E-state index >= 15 is 0 Å². The second-order valence-electron chi connectivity index (χ2n) is 6.29. The van der Waals surface area contributed by atoms with Gasteiger partial charge in [-0.15, -0.1) is 0 Å². The van der Waals surface area contributed by atoms with Crippen LogP contribution in [0.5, 0.6) is 0 Å². The van der Waals surface area contributed by atoms with Gasteiger partial charge in [0.1, 0.15) is 0 Å². The number of aromatic nitrogens is 2. The predicted octanol–water partition coefficient (Wildman–Crippen LogP) is 1.66. The van der Waals surface area contributed by atoms with Gasteiger partial charge in [0.25, 0.3) is 0 Å². The molecule has 0 bridgehead atoms. The molecule has 0 spiro atoms. The molecule has 2 aromatic rings. The summed E-state index contributed by atoms with van der Waals surface area (Å²) in [6.07, 6.45) is 3.44. The smallest absolute Gasteiger partial charge is 0.208 e. The molecule has 1 aromatic heterocycles. The van der Waals surface area contributed by atoms with Gasteiger partial charge in [-0.1, -0.05) is 6.07 Å². The lowest BCUT2D eigenvalue weighted by molar-refractivity contribution is 0.162. The third kappa shape index (κ3) is 4.62. The van der Waals surface area contributed by atoms with Gasteiger partial charge >= 0.3 is 0 Å². The maximum Gasteiger partial charge on any atom is 0.208 e. The van der Waals surface area contributed by atoms with Gasteiger partial charge in [0.15, 0.2) is 11.6 Å². The van der Waals surface area contributed by atoms with Crippen molar-refractivity contribution in [3.05, 3.63) is 53.4 Å². The minimum absolute atomic E-state index is 0.0123. The van der Waals surface area contributed by atoms with Crippen molar-refractivity contribution in [2.24, 2.45) is 0 Å². The number of fused-ring (bicyclic) bond motifs is 1. The van der Waals surface area contributed by atoms with Crippen LogP contribution in [0.4, 0.5) is 8.78 Å². The lowest BCUT2D eigenvalue weighted by Crippen LogP contribution is -2.38. The van der Waals surface area contributed by atoms with Gasteiger partial charge in [-0.3, -0.25) is 9.58 Å². The molecule has 0 radical (unpaired) electrons. The zero-order valence-electron chi connectivity index (χ0n) is 13.8. The second kappa shape index (κ2) is 7.19. The minimum Gasteiger partial charge on any atom is -0.291 e. The van der Waals surface area contributed by atoms with Gasteiger partial charge in [0.2, 0.25) is 10.0 Å². The Bertz CT molecular complexity index is 854. The third-order valence-corrected chi connectivity index (χ3v) is 4.91. The number of hydrogen-bond donors (Lipinski definition) is 1. The van der Waals surface area contributed by atoms with E-state index in [4.69, 9.17) is 0 Å². The first kappa shape index (κ1) is 18.0. The molecule has 0 saturated heterocycles. The van der Waals surface area contributed by atoms with Crippen LogP contribution in [0.3, 0.4) is 0 Å². The Labute approximate surface area is 145 Å². The van der Waals surface area contributed by atoms with Crippen molar-refractivity contribution >= 4 is 10.0 Å². The van der Waals surface area contributed by atoms with Crippen LogP contribution in [-0.4, -0.2) is 42.4 Å². The number of rotatable bonds is 6. The van der Waals surface area contributed by atoms with Crippen molar-refractivity contribution < 1.29 is 17.2 Å². The molecule has 1 aliphatic rings. The van der Waals surface area contributed by atoms with Crippen molar-refractivity contribution in [3.63, 3.8) is 0 Å². The van der Waals surface area contributed by atoms with E-state index < -0.39 is 21.7 Å². The molecule has 1 atom stereocenters. The largest absolute Gasteiger partial charge is 0.291 e. The molecule has 1 aliphatic heterocycles. The number of benzene rings is 1. The fourth-order valence-corrected chi connectivity index (χ4v) is 3.59. The normalized spacial score (nSPS) is 18.3. The van der Waals surface area contributed by atoms with Crippen molar-refractivity contribution in [2.45, 2.75) is 25.6 Å². The molecule has 3 rings (SSSR count). The number of sulfonamides is 1. The molecule has 1 aromatic carbocycles. The average molecular weight is 370 g/mol. The summed E-state index contributed by atoms with van der Waals surface area (Å²) in [6, 6.07) is 5.84. The molecule has 0 saturated carbocycles. The highest BCUT2D eigenvalue weighted by molar-refractivity contribution is 7.88. The predicted molar refractivity (Wildman–Crippen MR) is 89.2 cm³/mol. The van der Waals surface area contributed by atoms with E-state index in [0.29, 0.717) is 38.2 Å². The van der Waals surface area contributed by atoms with Gasteiger partial charge in [-0.05, 0) is 30.2 Å². The average Bonchev–Trinajstić information content (AvgIpc) is 2.98. The highest BCUT2D eigenvalue weighted by Crippen LogP contribution is 2.24. The van der Waals surface area contributed by atoms with Gasteiger partial charge in [0.05, 0.1) is 18.0 Å². The number of nitrogens with one attached hydrogen (secondary N) is 1. The summed E-state index contributed by atoms with van der Waals surface area (Å²) in [4.78, 5) is 2.12. The molecule has 1 N–H and O–H groups in total. The quantitative estimate of drug-likeness (QED) is 0.840. The van der Waals surface area contributed by atoms with Gasteiger partial charge in [-0.25, -0.2) is 21.9 Å². The summed E-state index contributed by atoms with van der Waals surface area (Å²) < 4.78 is 53.3. The zero-order chi connectivity index (χ0) is 18.0. The third-order valence-electron chi connectivity index (χ3n) is 4.18. The standard InChI is InChI=1S/C16H20F2N4O2S/c1-25(23,24)20-7-5-14-11-21(10-13-4-6-19-22(13)14)9-12-2-3-15(17)16(18)8-12/h2-4,6,8,14,20H,5,7,9-11H2,1H3/t14-/m0/s1. The van der Waals surface area contributed by atoms with E-state index in [1.165, 1.54) is 6.07 Å². The molecule has 136 valence electrons. The number of halogens is 2. The van der Waals surface area contributed by atoms with Crippen LogP contribution in [0.25, 0.3) is 0 Å². The second-order valence-corrected chi connectivity index (χ2v) is 8.13. The fraction of sp³-hybridized carbons (Fsp3) is 0.438.